The Kier molecular flexibility index (Phi) is 5.27. The van der Waals surface area contributed by atoms with Crippen LogP contribution < -0.4 is 5.32 Å². The van der Waals surface area contributed by atoms with Gasteiger partial charge in [0.05, 0.1) is 4.47 Å². The van der Waals surface area contributed by atoms with Crippen LogP contribution in [0.4, 0.5) is 5.82 Å². The monoisotopic (exact) mass is 404 g/mol. The molecule has 2 aromatic heterocycles. The number of hydrogen-bond donors (Lipinski definition) is 2. The number of nitrogens with one attached hydrogen (secondary N) is 2. The van der Waals surface area contributed by atoms with Crippen molar-refractivity contribution in [1.82, 2.24) is 15.2 Å². The minimum atomic E-state index is -0.0874. The van der Waals surface area contributed by atoms with E-state index in [0.29, 0.717) is 28.2 Å². The normalized spacial score (nSPS) is 10.6. The summed E-state index contributed by atoms with van der Waals surface area (Å²) in [5.41, 5.74) is 2.70. The van der Waals surface area contributed by atoms with E-state index in [9.17, 15) is 4.79 Å². The van der Waals surface area contributed by atoms with Crippen molar-refractivity contribution in [3.05, 3.63) is 63.9 Å². The van der Waals surface area contributed by atoms with Gasteiger partial charge in [0.15, 0.2) is 0 Å². The molecule has 2 N–H and O–H groups in total. The summed E-state index contributed by atoms with van der Waals surface area (Å²) in [6, 6.07) is 11.2. The molecule has 0 unspecified atom stereocenters. The Balaban J connectivity index is 1.63. The first-order chi connectivity index (χ1) is 11.6. The Labute approximate surface area is 152 Å². The number of nitrogens with zero attached hydrogens (tertiary/aromatic N) is 2. The zero-order valence-electron chi connectivity index (χ0n) is 12.6. The third kappa shape index (κ3) is 4.01. The van der Waals surface area contributed by atoms with Crippen LogP contribution in [0.15, 0.2) is 53.3 Å². The number of aryl methyl sites for hydroxylation is 1. The standard InChI is InChI=1S/C17H14BrClN4O/c18-15-16(12-7-9-20-10-8-12)22-23-17(15)21-14(24)6-3-11-1-4-13(19)5-2-11/h1-2,4-5,7-10H,3,6H2,(H2,21,22,23,24). The van der Waals surface area contributed by atoms with Crippen LogP contribution in [0.5, 0.6) is 0 Å². The molecular weight excluding hydrogens is 392 g/mol. The van der Waals surface area contributed by atoms with Gasteiger partial charge < -0.3 is 5.32 Å². The fourth-order valence-electron chi connectivity index (χ4n) is 2.22. The third-order valence-corrected chi connectivity index (χ3v) is 4.50. The molecule has 0 saturated carbocycles. The number of H-pyrrole nitrogens is 1. The minimum absolute atomic E-state index is 0.0874. The summed E-state index contributed by atoms with van der Waals surface area (Å²) in [6.07, 6.45) is 4.41. The summed E-state index contributed by atoms with van der Waals surface area (Å²) in [7, 11) is 0. The second kappa shape index (κ2) is 7.59. The SMILES string of the molecule is O=C(CCc1ccc(Cl)cc1)Nc1[nH]nc(-c2ccncc2)c1Br. The van der Waals surface area contributed by atoms with Crippen molar-refractivity contribution in [3.8, 4) is 11.3 Å². The maximum atomic E-state index is 12.1. The molecule has 0 aliphatic heterocycles. The predicted octanol–water partition coefficient (Wildman–Crippen LogP) is 4.46. The molecule has 0 atom stereocenters. The lowest BCUT2D eigenvalue weighted by molar-refractivity contribution is -0.116. The third-order valence-electron chi connectivity index (χ3n) is 3.48. The molecule has 1 aromatic carbocycles. The second-order valence-corrected chi connectivity index (χ2v) is 6.40. The zero-order chi connectivity index (χ0) is 16.9. The van der Waals surface area contributed by atoms with Crippen LogP contribution in [0.25, 0.3) is 11.3 Å². The number of carbonyl (C=O) groups is 1. The fourth-order valence-corrected chi connectivity index (χ4v) is 2.85. The second-order valence-electron chi connectivity index (χ2n) is 5.17. The van der Waals surface area contributed by atoms with Gasteiger partial charge in [-0.25, -0.2) is 0 Å². The number of carbonyl (C=O) groups excluding carboxylic acids is 1. The van der Waals surface area contributed by atoms with Crippen molar-refractivity contribution in [2.45, 2.75) is 12.8 Å². The van der Waals surface area contributed by atoms with Crippen molar-refractivity contribution in [3.63, 3.8) is 0 Å². The number of aromatic nitrogens is 3. The number of rotatable bonds is 5. The molecular formula is C17H14BrClN4O. The van der Waals surface area contributed by atoms with Crippen LogP contribution >= 0.6 is 27.5 Å². The summed E-state index contributed by atoms with van der Waals surface area (Å²) in [5, 5.41) is 10.6. The van der Waals surface area contributed by atoms with Gasteiger partial charge >= 0.3 is 0 Å². The molecule has 3 aromatic rings. The fraction of sp³-hybridized carbons (Fsp3) is 0.118. The summed E-state index contributed by atoms with van der Waals surface area (Å²) in [4.78, 5) is 16.1. The van der Waals surface area contributed by atoms with Crippen molar-refractivity contribution in [2.24, 2.45) is 0 Å². The first-order valence-corrected chi connectivity index (χ1v) is 8.49. The molecule has 0 aliphatic rings. The number of aromatic amines is 1. The van der Waals surface area contributed by atoms with Gasteiger partial charge in [-0.2, -0.15) is 5.10 Å². The van der Waals surface area contributed by atoms with Gasteiger partial charge in [0, 0.05) is 29.4 Å². The van der Waals surface area contributed by atoms with E-state index in [-0.39, 0.29) is 5.91 Å². The van der Waals surface area contributed by atoms with Crippen LogP contribution in [0.1, 0.15) is 12.0 Å². The van der Waals surface area contributed by atoms with Crippen LogP contribution in [-0.4, -0.2) is 21.1 Å². The predicted molar refractivity (Wildman–Crippen MR) is 97.9 cm³/mol. The molecule has 0 aliphatic carbocycles. The number of anilines is 1. The number of benzene rings is 1. The number of hydrogen-bond acceptors (Lipinski definition) is 3. The van der Waals surface area contributed by atoms with Gasteiger partial charge in [0.2, 0.25) is 5.91 Å². The van der Waals surface area contributed by atoms with Gasteiger partial charge in [-0.1, -0.05) is 23.7 Å². The van der Waals surface area contributed by atoms with Crippen LogP contribution in [-0.2, 0) is 11.2 Å². The number of amides is 1. The lowest BCUT2D eigenvalue weighted by Gasteiger charge is -2.04. The summed E-state index contributed by atoms with van der Waals surface area (Å²) in [5.74, 6) is 0.457. The highest BCUT2D eigenvalue weighted by molar-refractivity contribution is 9.10. The summed E-state index contributed by atoms with van der Waals surface area (Å²) in [6.45, 7) is 0. The Bertz CT molecular complexity index is 834. The lowest BCUT2D eigenvalue weighted by Crippen LogP contribution is -2.13. The van der Waals surface area contributed by atoms with E-state index in [0.717, 1.165) is 16.8 Å². The van der Waals surface area contributed by atoms with E-state index in [2.05, 4.69) is 36.4 Å². The molecule has 0 radical (unpaired) electrons. The molecule has 0 spiro atoms. The largest absolute Gasteiger partial charge is 0.310 e. The van der Waals surface area contributed by atoms with E-state index in [1.165, 1.54) is 0 Å². The van der Waals surface area contributed by atoms with Crippen molar-refractivity contribution in [2.75, 3.05) is 5.32 Å². The molecule has 2 heterocycles. The van der Waals surface area contributed by atoms with Gasteiger partial charge in [-0.15, -0.1) is 0 Å². The zero-order valence-corrected chi connectivity index (χ0v) is 14.9. The first-order valence-electron chi connectivity index (χ1n) is 7.32. The quantitative estimate of drug-likeness (QED) is 0.658. The van der Waals surface area contributed by atoms with E-state index < -0.39 is 0 Å². The molecule has 0 saturated heterocycles. The lowest BCUT2D eigenvalue weighted by atomic mass is 10.1. The molecule has 3 rings (SSSR count). The molecule has 0 bridgehead atoms. The first kappa shape index (κ1) is 16.7. The molecule has 1 amide bonds. The molecule has 24 heavy (non-hydrogen) atoms. The van der Waals surface area contributed by atoms with Gasteiger partial charge in [0.25, 0.3) is 0 Å². The van der Waals surface area contributed by atoms with Gasteiger partial charge in [0.1, 0.15) is 11.5 Å². The average Bonchev–Trinajstić information content (AvgIpc) is 2.96. The van der Waals surface area contributed by atoms with Gasteiger partial charge in [-0.05, 0) is 52.2 Å². The van der Waals surface area contributed by atoms with Crippen LogP contribution in [0.3, 0.4) is 0 Å². The highest BCUT2D eigenvalue weighted by atomic mass is 79.9. The van der Waals surface area contributed by atoms with Gasteiger partial charge in [-0.3, -0.25) is 14.9 Å². The summed E-state index contributed by atoms with van der Waals surface area (Å²) >= 11 is 9.33. The topological polar surface area (TPSA) is 70.7 Å². The van der Waals surface area contributed by atoms with Crippen molar-refractivity contribution in [1.29, 1.82) is 0 Å². The van der Waals surface area contributed by atoms with Crippen molar-refractivity contribution >= 4 is 39.3 Å². The minimum Gasteiger partial charge on any atom is -0.310 e. The Hall–Kier alpha value is -2.18. The Morgan fingerprint density at radius 1 is 1.17 bits per heavy atom. The highest BCUT2D eigenvalue weighted by Gasteiger charge is 2.14. The maximum absolute atomic E-state index is 12.1. The summed E-state index contributed by atoms with van der Waals surface area (Å²) < 4.78 is 0.716. The molecule has 7 heteroatoms. The molecule has 0 fully saturated rings. The maximum Gasteiger partial charge on any atom is 0.225 e. The van der Waals surface area contributed by atoms with Crippen LogP contribution in [0, 0.1) is 0 Å². The van der Waals surface area contributed by atoms with Crippen molar-refractivity contribution < 1.29 is 4.79 Å². The van der Waals surface area contributed by atoms with Crippen LogP contribution in [0.2, 0.25) is 5.02 Å². The Morgan fingerprint density at radius 3 is 2.58 bits per heavy atom. The Morgan fingerprint density at radius 2 is 1.88 bits per heavy atom. The number of halogens is 2. The van der Waals surface area contributed by atoms with E-state index in [1.807, 2.05) is 36.4 Å². The average molecular weight is 406 g/mol. The highest BCUT2D eigenvalue weighted by Crippen LogP contribution is 2.31. The van der Waals surface area contributed by atoms with E-state index in [4.69, 9.17) is 11.6 Å². The van der Waals surface area contributed by atoms with E-state index in [1.54, 1.807) is 12.4 Å². The smallest absolute Gasteiger partial charge is 0.225 e. The number of pyridine rings is 1. The van der Waals surface area contributed by atoms with E-state index >= 15 is 0 Å². The molecule has 122 valence electrons. The molecule has 5 nitrogen and oxygen atoms in total.